The summed E-state index contributed by atoms with van der Waals surface area (Å²) in [7, 11) is 1.87. The predicted molar refractivity (Wildman–Crippen MR) is 97.5 cm³/mol. The second-order valence-corrected chi connectivity index (χ2v) is 7.53. The van der Waals surface area contributed by atoms with Crippen LogP contribution in [0.1, 0.15) is 31.2 Å². The Balaban J connectivity index is 1.60. The number of pyridine rings is 1. The first kappa shape index (κ1) is 18.1. The molecule has 1 amide bonds. The highest BCUT2D eigenvalue weighted by molar-refractivity contribution is 5.92. The number of aromatic nitrogens is 1. The first-order valence-electron chi connectivity index (χ1n) is 9.32. The zero-order valence-corrected chi connectivity index (χ0v) is 15.2. The molecule has 1 aromatic heterocycles. The first-order valence-corrected chi connectivity index (χ1v) is 9.32. The average Bonchev–Trinajstić information content (AvgIpc) is 3.50. The number of alkyl halides is 3. The number of likely N-dealkylation sites (N-methyl/N-ethyl adjacent to an activating group) is 1. The Labute approximate surface area is 156 Å². The number of anilines is 1. The van der Waals surface area contributed by atoms with Gasteiger partial charge in [0.25, 0.3) is 0 Å². The molecule has 1 unspecified atom stereocenters. The van der Waals surface area contributed by atoms with Crippen molar-refractivity contribution in [1.29, 1.82) is 0 Å². The summed E-state index contributed by atoms with van der Waals surface area (Å²) in [5.41, 5.74) is 0.531. The number of rotatable bonds is 3. The summed E-state index contributed by atoms with van der Waals surface area (Å²) in [4.78, 5) is 20.6. The van der Waals surface area contributed by atoms with Gasteiger partial charge in [-0.05, 0) is 43.9 Å². The third-order valence-electron chi connectivity index (χ3n) is 5.61. The van der Waals surface area contributed by atoms with Gasteiger partial charge in [0.1, 0.15) is 0 Å². The number of fused-ring (bicyclic) bond motifs is 1. The second-order valence-electron chi connectivity index (χ2n) is 7.53. The lowest BCUT2D eigenvalue weighted by Crippen LogP contribution is -2.49. The molecular weight excluding hydrogens is 355 g/mol. The smallest absolute Gasteiger partial charge is 0.369 e. The van der Waals surface area contributed by atoms with Crippen molar-refractivity contribution in [3.63, 3.8) is 0 Å². The monoisotopic (exact) mass is 377 g/mol. The molecule has 4 nitrogen and oxygen atoms in total. The van der Waals surface area contributed by atoms with E-state index in [1.165, 1.54) is 6.07 Å². The van der Waals surface area contributed by atoms with E-state index >= 15 is 0 Å². The summed E-state index contributed by atoms with van der Waals surface area (Å²) in [6.07, 6.45) is 1.03. The molecule has 1 aromatic carbocycles. The van der Waals surface area contributed by atoms with Crippen LogP contribution in [0.15, 0.2) is 30.5 Å². The minimum atomic E-state index is -4.38. The van der Waals surface area contributed by atoms with Crippen molar-refractivity contribution in [2.24, 2.45) is 5.92 Å². The van der Waals surface area contributed by atoms with Gasteiger partial charge in [-0.25, -0.2) is 0 Å². The number of hydrogen-bond acceptors (Lipinski definition) is 3. The number of piperidine rings is 1. The number of carbonyl (C=O) groups is 1. The molecule has 7 heteroatoms. The van der Waals surface area contributed by atoms with E-state index in [-0.39, 0.29) is 17.9 Å². The quantitative estimate of drug-likeness (QED) is 0.808. The number of nitrogens with zero attached hydrogens (tertiary/aromatic N) is 3. The lowest BCUT2D eigenvalue weighted by atomic mass is 10.0. The molecule has 1 aliphatic heterocycles. The van der Waals surface area contributed by atoms with E-state index in [9.17, 15) is 18.0 Å². The van der Waals surface area contributed by atoms with Crippen LogP contribution in [0.25, 0.3) is 10.9 Å². The maximum absolute atomic E-state index is 13.0. The van der Waals surface area contributed by atoms with Crippen molar-refractivity contribution >= 4 is 22.5 Å². The van der Waals surface area contributed by atoms with Crippen LogP contribution >= 0.6 is 0 Å². The molecule has 1 atom stereocenters. The maximum Gasteiger partial charge on any atom is 0.416 e. The van der Waals surface area contributed by atoms with Crippen LogP contribution in [0, 0.1) is 5.92 Å². The fourth-order valence-corrected chi connectivity index (χ4v) is 3.87. The highest BCUT2D eigenvalue weighted by Gasteiger charge is 2.36. The first-order chi connectivity index (χ1) is 12.8. The van der Waals surface area contributed by atoms with Gasteiger partial charge in [0, 0.05) is 49.4 Å². The average molecular weight is 377 g/mol. The lowest BCUT2D eigenvalue weighted by Gasteiger charge is -2.39. The Morgan fingerprint density at radius 1 is 1.22 bits per heavy atom. The third-order valence-corrected chi connectivity index (χ3v) is 5.61. The highest BCUT2D eigenvalue weighted by atomic mass is 19.4. The van der Waals surface area contributed by atoms with E-state index in [2.05, 4.69) is 9.88 Å². The Morgan fingerprint density at radius 3 is 2.70 bits per heavy atom. The molecule has 1 saturated heterocycles. The van der Waals surface area contributed by atoms with E-state index in [4.69, 9.17) is 0 Å². The summed E-state index contributed by atoms with van der Waals surface area (Å²) < 4.78 is 38.9. The fraction of sp³-hybridized carbons (Fsp3) is 0.500. The van der Waals surface area contributed by atoms with Crippen molar-refractivity contribution in [3.05, 3.63) is 36.0 Å². The van der Waals surface area contributed by atoms with Crippen LogP contribution < -0.4 is 4.90 Å². The Hall–Kier alpha value is -2.31. The molecule has 144 valence electrons. The van der Waals surface area contributed by atoms with Crippen LogP contribution in [0.2, 0.25) is 0 Å². The number of carbonyl (C=O) groups excluding carboxylic acids is 1. The normalized spacial score (nSPS) is 20.7. The van der Waals surface area contributed by atoms with Gasteiger partial charge >= 0.3 is 6.18 Å². The van der Waals surface area contributed by atoms with Crippen LogP contribution in [0.4, 0.5) is 18.9 Å². The molecule has 0 bridgehead atoms. The van der Waals surface area contributed by atoms with Crippen LogP contribution in [-0.4, -0.2) is 42.0 Å². The van der Waals surface area contributed by atoms with Gasteiger partial charge < -0.3 is 9.80 Å². The van der Waals surface area contributed by atoms with Crippen molar-refractivity contribution in [2.45, 2.75) is 37.9 Å². The molecule has 2 aromatic rings. The molecule has 27 heavy (non-hydrogen) atoms. The molecule has 0 radical (unpaired) electrons. The zero-order valence-electron chi connectivity index (χ0n) is 15.2. The van der Waals surface area contributed by atoms with Crippen LogP contribution in [0.3, 0.4) is 0 Å². The Kier molecular flexibility index (Phi) is 4.48. The molecule has 2 aliphatic rings. The molecule has 2 fully saturated rings. The summed E-state index contributed by atoms with van der Waals surface area (Å²) in [6, 6.07) is 5.69. The summed E-state index contributed by atoms with van der Waals surface area (Å²) >= 11 is 0. The van der Waals surface area contributed by atoms with Gasteiger partial charge in [0.15, 0.2) is 0 Å². The SMILES string of the molecule is CN(C(=O)C1CC1)C1CCCN(c2ccnc3cc(C(F)(F)F)ccc23)C1. The van der Waals surface area contributed by atoms with Crippen molar-refractivity contribution in [3.8, 4) is 0 Å². The lowest BCUT2D eigenvalue weighted by molar-refractivity contribution is -0.137. The molecule has 0 spiro atoms. The van der Waals surface area contributed by atoms with E-state index in [0.29, 0.717) is 17.4 Å². The molecule has 0 N–H and O–H groups in total. The van der Waals surface area contributed by atoms with Crippen molar-refractivity contribution in [2.75, 3.05) is 25.0 Å². The van der Waals surface area contributed by atoms with Crippen molar-refractivity contribution in [1.82, 2.24) is 9.88 Å². The van der Waals surface area contributed by atoms with E-state index in [1.807, 2.05) is 18.0 Å². The van der Waals surface area contributed by atoms with E-state index in [0.717, 1.165) is 50.0 Å². The molecule has 1 saturated carbocycles. The topological polar surface area (TPSA) is 36.4 Å². The van der Waals surface area contributed by atoms with Gasteiger partial charge in [0.05, 0.1) is 11.1 Å². The minimum Gasteiger partial charge on any atom is -0.369 e. The summed E-state index contributed by atoms with van der Waals surface area (Å²) in [5.74, 6) is 0.407. The summed E-state index contributed by atoms with van der Waals surface area (Å²) in [5, 5.41) is 0.710. The van der Waals surface area contributed by atoms with Crippen molar-refractivity contribution < 1.29 is 18.0 Å². The summed E-state index contributed by atoms with van der Waals surface area (Å²) in [6.45, 7) is 1.51. The second kappa shape index (κ2) is 6.69. The van der Waals surface area contributed by atoms with Gasteiger partial charge in [-0.2, -0.15) is 13.2 Å². The van der Waals surface area contributed by atoms with Crippen LogP contribution in [0.5, 0.6) is 0 Å². The molecule has 4 rings (SSSR count). The number of amides is 1. The maximum atomic E-state index is 13.0. The molecule has 2 heterocycles. The van der Waals surface area contributed by atoms with Crippen LogP contribution in [-0.2, 0) is 11.0 Å². The van der Waals surface area contributed by atoms with E-state index in [1.54, 1.807) is 6.20 Å². The molecule has 1 aliphatic carbocycles. The number of halogens is 3. The number of hydrogen-bond donors (Lipinski definition) is 0. The Bertz CT molecular complexity index is 863. The predicted octanol–water partition coefficient (Wildman–Crippen LogP) is 4.09. The van der Waals surface area contributed by atoms with Gasteiger partial charge in [-0.3, -0.25) is 9.78 Å². The highest BCUT2D eigenvalue weighted by Crippen LogP contribution is 2.35. The van der Waals surface area contributed by atoms with Gasteiger partial charge in [-0.15, -0.1) is 0 Å². The largest absolute Gasteiger partial charge is 0.416 e. The van der Waals surface area contributed by atoms with Gasteiger partial charge in [0.2, 0.25) is 5.91 Å². The standard InChI is InChI=1S/C20H22F3N3O/c1-25(19(27)13-4-5-13)15-3-2-10-26(12-15)18-8-9-24-17-11-14(20(21,22)23)6-7-16(17)18/h6-9,11,13,15H,2-5,10,12H2,1H3. The third kappa shape index (κ3) is 3.59. The Morgan fingerprint density at radius 2 is 2.00 bits per heavy atom. The number of benzene rings is 1. The van der Waals surface area contributed by atoms with E-state index < -0.39 is 11.7 Å². The fourth-order valence-electron chi connectivity index (χ4n) is 3.87. The molecular formula is C20H22F3N3O. The zero-order chi connectivity index (χ0) is 19.2. The minimum absolute atomic E-state index is 0.129. The van der Waals surface area contributed by atoms with Gasteiger partial charge in [-0.1, -0.05) is 6.07 Å².